The first-order chi connectivity index (χ1) is 11.6. The molecule has 0 saturated carbocycles. The Bertz CT molecular complexity index is 922. The molecule has 4 rings (SSSR count). The van der Waals surface area contributed by atoms with Gasteiger partial charge in [0.1, 0.15) is 5.25 Å². The maximum absolute atomic E-state index is 12.7. The first-order valence-electron chi connectivity index (χ1n) is 7.91. The lowest BCUT2D eigenvalue weighted by Gasteiger charge is -2.24. The van der Waals surface area contributed by atoms with Crippen molar-refractivity contribution in [1.29, 1.82) is 0 Å². The molecule has 0 fully saturated rings. The average Bonchev–Trinajstić information content (AvgIpc) is 3.14. The molecular formula is C18H18N2O2S2. The van der Waals surface area contributed by atoms with Gasteiger partial charge in [-0.1, -0.05) is 36.0 Å². The Morgan fingerprint density at radius 3 is 2.71 bits per heavy atom. The second-order valence-electron chi connectivity index (χ2n) is 5.95. The number of sulfonamides is 1. The fourth-order valence-electron chi connectivity index (χ4n) is 2.97. The molecule has 0 radical (unpaired) electrons. The average molecular weight is 358 g/mol. The van der Waals surface area contributed by atoms with Crippen molar-refractivity contribution >= 4 is 33.2 Å². The van der Waals surface area contributed by atoms with Crippen LogP contribution < -0.4 is 5.32 Å². The number of benzene rings is 2. The molecule has 2 aromatic carbocycles. The molecule has 0 bridgehead atoms. The maximum Gasteiger partial charge on any atom is 0.241 e. The number of anilines is 2. The largest absolute Gasteiger partial charge is 0.354 e. The molecule has 0 amide bonds. The standard InChI is InChI=1S/C18H18N2O2S2/c1-13(24(21,22)20-10-4-5-11-20)14-8-9-18-16(12-14)19-15-6-2-3-7-17(15)23-18/h2-4,6-10,12-13,19H,5,11H2,1H3. The molecule has 24 heavy (non-hydrogen) atoms. The van der Waals surface area contributed by atoms with Gasteiger partial charge in [-0.3, -0.25) is 4.31 Å². The highest BCUT2D eigenvalue weighted by Gasteiger charge is 2.30. The molecule has 2 aliphatic rings. The summed E-state index contributed by atoms with van der Waals surface area (Å²) in [5, 5.41) is 2.84. The Morgan fingerprint density at radius 1 is 1.12 bits per heavy atom. The molecule has 124 valence electrons. The van der Waals surface area contributed by atoms with Crippen LogP contribution in [0.4, 0.5) is 11.4 Å². The van der Waals surface area contributed by atoms with Crippen LogP contribution in [0.1, 0.15) is 24.2 Å². The Balaban J connectivity index is 1.66. The third kappa shape index (κ3) is 2.59. The monoisotopic (exact) mass is 358 g/mol. The topological polar surface area (TPSA) is 49.4 Å². The van der Waals surface area contributed by atoms with Gasteiger partial charge in [-0.15, -0.1) is 0 Å². The molecule has 1 unspecified atom stereocenters. The summed E-state index contributed by atoms with van der Waals surface area (Å²) in [6, 6.07) is 14.0. The van der Waals surface area contributed by atoms with Crippen LogP contribution >= 0.6 is 11.8 Å². The molecule has 2 heterocycles. The van der Waals surface area contributed by atoms with E-state index in [-0.39, 0.29) is 0 Å². The summed E-state index contributed by atoms with van der Waals surface area (Å²) in [6.45, 7) is 2.30. The lowest BCUT2D eigenvalue weighted by molar-refractivity contribution is 0.506. The van der Waals surface area contributed by atoms with Crippen molar-refractivity contribution in [1.82, 2.24) is 4.31 Å². The predicted molar refractivity (Wildman–Crippen MR) is 98.1 cm³/mol. The van der Waals surface area contributed by atoms with E-state index in [4.69, 9.17) is 0 Å². The summed E-state index contributed by atoms with van der Waals surface area (Å²) >= 11 is 1.70. The zero-order valence-electron chi connectivity index (χ0n) is 13.3. The van der Waals surface area contributed by atoms with E-state index in [1.54, 1.807) is 24.9 Å². The highest BCUT2D eigenvalue weighted by atomic mass is 32.2. The summed E-state index contributed by atoms with van der Waals surface area (Å²) in [6.07, 6.45) is 4.35. The molecule has 2 aliphatic heterocycles. The molecule has 0 saturated heterocycles. The third-order valence-electron chi connectivity index (χ3n) is 4.41. The minimum Gasteiger partial charge on any atom is -0.354 e. The zero-order valence-corrected chi connectivity index (χ0v) is 14.9. The highest BCUT2D eigenvalue weighted by Crippen LogP contribution is 2.45. The summed E-state index contributed by atoms with van der Waals surface area (Å²) < 4.78 is 27.0. The summed E-state index contributed by atoms with van der Waals surface area (Å²) in [4.78, 5) is 2.30. The number of fused-ring (bicyclic) bond motifs is 2. The zero-order chi connectivity index (χ0) is 16.7. The van der Waals surface area contributed by atoms with E-state index in [1.165, 1.54) is 9.20 Å². The lowest BCUT2D eigenvalue weighted by atomic mass is 10.1. The molecular weight excluding hydrogens is 340 g/mol. The minimum absolute atomic E-state index is 0.541. The van der Waals surface area contributed by atoms with E-state index in [2.05, 4.69) is 11.4 Å². The second kappa shape index (κ2) is 5.86. The molecule has 1 atom stereocenters. The first kappa shape index (κ1) is 15.6. The third-order valence-corrected chi connectivity index (χ3v) is 7.69. The summed E-state index contributed by atoms with van der Waals surface area (Å²) in [5.41, 5.74) is 2.84. The molecule has 6 heteroatoms. The Hall–Kier alpha value is -1.92. The molecule has 1 N–H and O–H groups in total. The van der Waals surface area contributed by atoms with Gasteiger partial charge in [-0.2, -0.15) is 0 Å². The maximum atomic E-state index is 12.7. The normalized spacial score (nSPS) is 17.1. The number of nitrogens with one attached hydrogen (secondary N) is 1. The first-order valence-corrected chi connectivity index (χ1v) is 10.2. The van der Waals surface area contributed by atoms with E-state index < -0.39 is 15.3 Å². The van der Waals surface area contributed by atoms with Gasteiger partial charge in [-0.25, -0.2) is 8.42 Å². The van der Waals surface area contributed by atoms with E-state index in [0.717, 1.165) is 28.3 Å². The van der Waals surface area contributed by atoms with Gasteiger partial charge in [0.05, 0.1) is 11.4 Å². The van der Waals surface area contributed by atoms with E-state index in [9.17, 15) is 8.42 Å². The predicted octanol–water partition coefficient (Wildman–Crippen LogP) is 4.51. The fraction of sp³-hybridized carbons (Fsp3) is 0.222. The van der Waals surface area contributed by atoms with Crippen LogP contribution in [0.5, 0.6) is 0 Å². The highest BCUT2D eigenvalue weighted by molar-refractivity contribution is 7.99. The van der Waals surface area contributed by atoms with Crippen LogP contribution in [-0.4, -0.2) is 19.3 Å². The van der Waals surface area contributed by atoms with Crippen molar-refractivity contribution in [2.45, 2.75) is 28.4 Å². The fourth-order valence-corrected chi connectivity index (χ4v) is 5.45. The second-order valence-corrected chi connectivity index (χ2v) is 9.24. The summed E-state index contributed by atoms with van der Waals surface area (Å²) in [5.74, 6) is 0. The van der Waals surface area contributed by atoms with Gasteiger partial charge in [-0.05, 0) is 43.2 Å². The van der Waals surface area contributed by atoms with Gasteiger partial charge < -0.3 is 5.32 Å². The molecule has 0 aromatic heterocycles. The smallest absolute Gasteiger partial charge is 0.241 e. The van der Waals surface area contributed by atoms with Crippen molar-refractivity contribution < 1.29 is 8.42 Å². The van der Waals surface area contributed by atoms with Crippen molar-refractivity contribution in [3.05, 3.63) is 60.3 Å². The Labute approximate surface area is 146 Å². The van der Waals surface area contributed by atoms with Crippen LogP contribution in [0.15, 0.2) is 64.5 Å². The molecule has 0 spiro atoms. The van der Waals surface area contributed by atoms with Crippen LogP contribution in [0.25, 0.3) is 0 Å². The number of rotatable bonds is 3. The van der Waals surface area contributed by atoms with Crippen LogP contribution in [0.2, 0.25) is 0 Å². The molecule has 0 aliphatic carbocycles. The van der Waals surface area contributed by atoms with Crippen molar-refractivity contribution in [2.75, 3.05) is 11.9 Å². The van der Waals surface area contributed by atoms with Crippen molar-refractivity contribution in [3.63, 3.8) is 0 Å². The van der Waals surface area contributed by atoms with E-state index in [1.807, 2.05) is 42.5 Å². The van der Waals surface area contributed by atoms with Gasteiger partial charge in [0.25, 0.3) is 0 Å². The van der Waals surface area contributed by atoms with Crippen LogP contribution in [-0.2, 0) is 10.0 Å². The van der Waals surface area contributed by atoms with E-state index in [0.29, 0.717) is 6.54 Å². The Morgan fingerprint density at radius 2 is 1.92 bits per heavy atom. The minimum atomic E-state index is -3.37. The van der Waals surface area contributed by atoms with Crippen molar-refractivity contribution in [3.8, 4) is 0 Å². The van der Waals surface area contributed by atoms with Crippen molar-refractivity contribution in [2.24, 2.45) is 0 Å². The lowest BCUT2D eigenvalue weighted by Crippen LogP contribution is -2.28. The quantitative estimate of drug-likeness (QED) is 0.749. The van der Waals surface area contributed by atoms with Gasteiger partial charge in [0.2, 0.25) is 10.0 Å². The number of para-hydroxylation sites is 1. The van der Waals surface area contributed by atoms with Gasteiger partial charge in [0, 0.05) is 22.5 Å². The number of hydrogen-bond donors (Lipinski definition) is 1. The number of nitrogens with zero attached hydrogens (tertiary/aromatic N) is 1. The van der Waals surface area contributed by atoms with Crippen LogP contribution in [0.3, 0.4) is 0 Å². The number of hydrogen-bond acceptors (Lipinski definition) is 4. The SMILES string of the molecule is CC(c1ccc2c(c1)Nc1ccccc1S2)S(=O)(=O)N1C=CCC1. The Kier molecular flexibility index (Phi) is 3.81. The molecule has 2 aromatic rings. The van der Waals surface area contributed by atoms with Crippen LogP contribution in [0, 0.1) is 0 Å². The molecule has 4 nitrogen and oxygen atoms in total. The van der Waals surface area contributed by atoms with Gasteiger partial charge >= 0.3 is 0 Å². The summed E-state index contributed by atoms with van der Waals surface area (Å²) in [7, 11) is -3.37. The van der Waals surface area contributed by atoms with Gasteiger partial charge in [0.15, 0.2) is 0 Å². The van der Waals surface area contributed by atoms with E-state index >= 15 is 0 Å².